The second-order valence-electron chi connectivity index (χ2n) is 6.91. The number of nitrogens with zero attached hydrogens (tertiary/aromatic N) is 5. The number of nitrogens with one attached hydrogen (secondary N) is 1. The molecule has 1 unspecified atom stereocenters. The highest BCUT2D eigenvalue weighted by atomic mass is 32.1. The van der Waals surface area contributed by atoms with Crippen molar-refractivity contribution in [3.8, 4) is 0 Å². The molecular weight excluding hydrogens is 351 g/mol. The molecular formula is C18H21FN6S. The standard InChI is InChI=1S/C18H21FN6S/c1-11(2)17-21-15-8-7-14(10-25(15)24-17)20-18-23-22-16(26-18)9-12-3-5-13(19)6-4-12/h3-6,11,14H,7-10H2,1-2H3,(H,20,23). The first-order valence-electron chi connectivity index (χ1n) is 8.84. The molecule has 3 aromatic rings. The summed E-state index contributed by atoms with van der Waals surface area (Å²) in [6.07, 6.45) is 2.58. The van der Waals surface area contributed by atoms with Crippen LogP contribution in [-0.4, -0.2) is 31.0 Å². The van der Waals surface area contributed by atoms with Crippen molar-refractivity contribution in [2.24, 2.45) is 0 Å². The van der Waals surface area contributed by atoms with Crippen LogP contribution in [0.25, 0.3) is 0 Å². The van der Waals surface area contributed by atoms with Crippen LogP contribution in [0, 0.1) is 5.82 Å². The van der Waals surface area contributed by atoms with Crippen LogP contribution in [-0.2, 0) is 19.4 Å². The lowest BCUT2D eigenvalue weighted by Gasteiger charge is -2.22. The van der Waals surface area contributed by atoms with E-state index >= 15 is 0 Å². The van der Waals surface area contributed by atoms with Crippen LogP contribution in [0.5, 0.6) is 0 Å². The van der Waals surface area contributed by atoms with Crippen molar-refractivity contribution < 1.29 is 4.39 Å². The highest BCUT2D eigenvalue weighted by Gasteiger charge is 2.23. The van der Waals surface area contributed by atoms with E-state index in [2.05, 4.69) is 39.4 Å². The van der Waals surface area contributed by atoms with Crippen molar-refractivity contribution >= 4 is 16.5 Å². The molecule has 6 nitrogen and oxygen atoms in total. The molecule has 0 amide bonds. The highest BCUT2D eigenvalue weighted by Crippen LogP contribution is 2.23. The Morgan fingerprint density at radius 3 is 2.85 bits per heavy atom. The van der Waals surface area contributed by atoms with Gasteiger partial charge in [0, 0.05) is 24.8 Å². The third-order valence-electron chi connectivity index (χ3n) is 4.45. The average Bonchev–Trinajstić information content (AvgIpc) is 3.23. The van der Waals surface area contributed by atoms with Crippen molar-refractivity contribution in [1.29, 1.82) is 0 Å². The lowest BCUT2D eigenvalue weighted by Crippen LogP contribution is -2.31. The minimum absolute atomic E-state index is 0.223. The third-order valence-corrected chi connectivity index (χ3v) is 5.31. The van der Waals surface area contributed by atoms with Crippen LogP contribution in [0.4, 0.5) is 9.52 Å². The number of aromatic nitrogens is 5. The van der Waals surface area contributed by atoms with Crippen LogP contribution < -0.4 is 5.32 Å². The van der Waals surface area contributed by atoms with Crippen LogP contribution in [0.3, 0.4) is 0 Å². The Morgan fingerprint density at radius 2 is 2.08 bits per heavy atom. The molecule has 4 rings (SSSR count). The fourth-order valence-corrected chi connectivity index (χ4v) is 3.88. The lowest BCUT2D eigenvalue weighted by molar-refractivity contribution is 0.439. The maximum Gasteiger partial charge on any atom is 0.205 e. The van der Waals surface area contributed by atoms with Gasteiger partial charge < -0.3 is 5.32 Å². The summed E-state index contributed by atoms with van der Waals surface area (Å²) in [5.74, 6) is 2.11. The SMILES string of the molecule is CC(C)c1nc2n(n1)CC(Nc1nnc(Cc3ccc(F)cc3)s1)CC2. The predicted molar refractivity (Wildman–Crippen MR) is 99.0 cm³/mol. The van der Waals surface area contributed by atoms with Gasteiger partial charge in [0.15, 0.2) is 5.82 Å². The van der Waals surface area contributed by atoms with Gasteiger partial charge in [-0.3, -0.25) is 0 Å². The number of halogens is 1. The molecule has 1 aliphatic rings. The molecule has 0 aliphatic carbocycles. The molecule has 8 heteroatoms. The molecule has 1 N–H and O–H groups in total. The summed E-state index contributed by atoms with van der Waals surface area (Å²) in [6, 6.07) is 6.78. The summed E-state index contributed by atoms with van der Waals surface area (Å²) in [6.45, 7) is 5.02. The molecule has 0 spiro atoms. The van der Waals surface area contributed by atoms with Gasteiger partial charge in [-0.1, -0.05) is 37.3 Å². The molecule has 0 bridgehead atoms. The Hall–Kier alpha value is -2.35. The number of aryl methyl sites for hydroxylation is 1. The number of hydrogen-bond acceptors (Lipinski definition) is 6. The zero-order valence-electron chi connectivity index (χ0n) is 14.8. The first kappa shape index (κ1) is 17.1. The maximum atomic E-state index is 13.0. The molecule has 2 aromatic heterocycles. The van der Waals surface area contributed by atoms with Gasteiger partial charge >= 0.3 is 0 Å². The molecule has 0 saturated carbocycles. The molecule has 1 aromatic carbocycles. The summed E-state index contributed by atoms with van der Waals surface area (Å²) in [7, 11) is 0. The van der Waals surface area contributed by atoms with Crippen molar-refractivity contribution in [1.82, 2.24) is 25.0 Å². The maximum absolute atomic E-state index is 13.0. The van der Waals surface area contributed by atoms with Gasteiger partial charge in [0.2, 0.25) is 5.13 Å². The van der Waals surface area contributed by atoms with E-state index in [0.717, 1.165) is 46.7 Å². The number of anilines is 1. The summed E-state index contributed by atoms with van der Waals surface area (Å²) >= 11 is 1.54. The fourth-order valence-electron chi connectivity index (χ4n) is 3.03. The van der Waals surface area contributed by atoms with Gasteiger partial charge in [0.1, 0.15) is 16.6 Å². The van der Waals surface area contributed by atoms with Crippen LogP contribution in [0.15, 0.2) is 24.3 Å². The Bertz CT molecular complexity index is 885. The molecule has 1 atom stereocenters. The number of hydrogen-bond donors (Lipinski definition) is 1. The van der Waals surface area contributed by atoms with Crippen LogP contribution in [0.2, 0.25) is 0 Å². The molecule has 3 heterocycles. The van der Waals surface area contributed by atoms with E-state index in [1.807, 2.05) is 4.68 Å². The molecule has 136 valence electrons. The molecule has 0 radical (unpaired) electrons. The molecule has 26 heavy (non-hydrogen) atoms. The minimum Gasteiger partial charge on any atom is -0.355 e. The van der Waals surface area contributed by atoms with E-state index in [1.165, 1.54) is 12.1 Å². The van der Waals surface area contributed by atoms with Gasteiger partial charge in [-0.05, 0) is 24.1 Å². The Balaban J connectivity index is 1.39. The van der Waals surface area contributed by atoms with Crippen LogP contribution in [0.1, 0.15) is 48.4 Å². The van der Waals surface area contributed by atoms with E-state index < -0.39 is 0 Å². The fraction of sp³-hybridized carbons (Fsp3) is 0.444. The van der Waals surface area contributed by atoms with Gasteiger partial charge in [0.05, 0.1) is 6.54 Å². The van der Waals surface area contributed by atoms with Gasteiger partial charge in [-0.25, -0.2) is 14.1 Å². The monoisotopic (exact) mass is 372 g/mol. The lowest BCUT2D eigenvalue weighted by atomic mass is 10.1. The second-order valence-corrected chi connectivity index (χ2v) is 7.97. The van der Waals surface area contributed by atoms with E-state index in [4.69, 9.17) is 0 Å². The summed E-state index contributed by atoms with van der Waals surface area (Å²) in [4.78, 5) is 4.62. The quantitative estimate of drug-likeness (QED) is 0.743. The van der Waals surface area contributed by atoms with Crippen molar-refractivity contribution in [3.63, 3.8) is 0 Å². The molecule has 0 fully saturated rings. The number of fused-ring (bicyclic) bond motifs is 1. The Labute approximate surface area is 155 Å². The smallest absolute Gasteiger partial charge is 0.205 e. The summed E-state index contributed by atoms with van der Waals surface area (Å²) in [5.41, 5.74) is 1.03. The summed E-state index contributed by atoms with van der Waals surface area (Å²) in [5, 5.41) is 18.3. The topological polar surface area (TPSA) is 68.5 Å². The summed E-state index contributed by atoms with van der Waals surface area (Å²) < 4.78 is 15.0. The van der Waals surface area contributed by atoms with E-state index in [1.54, 1.807) is 23.5 Å². The largest absolute Gasteiger partial charge is 0.355 e. The highest BCUT2D eigenvalue weighted by molar-refractivity contribution is 7.15. The van der Waals surface area contributed by atoms with E-state index in [0.29, 0.717) is 12.3 Å². The number of benzene rings is 1. The van der Waals surface area contributed by atoms with Crippen molar-refractivity contribution in [2.75, 3.05) is 5.32 Å². The predicted octanol–water partition coefficient (Wildman–Crippen LogP) is 3.41. The Morgan fingerprint density at radius 1 is 1.27 bits per heavy atom. The third kappa shape index (κ3) is 3.75. The molecule has 0 saturated heterocycles. The average molecular weight is 372 g/mol. The van der Waals surface area contributed by atoms with Gasteiger partial charge in [-0.15, -0.1) is 10.2 Å². The number of rotatable bonds is 5. The van der Waals surface area contributed by atoms with Crippen molar-refractivity contribution in [3.05, 3.63) is 52.3 Å². The van der Waals surface area contributed by atoms with Gasteiger partial charge in [0.25, 0.3) is 0 Å². The Kier molecular flexibility index (Phi) is 4.67. The van der Waals surface area contributed by atoms with Gasteiger partial charge in [-0.2, -0.15) is 5.10 Å². The first-order chi connectivity index (χ1) is 12.6. The first-order valence-corrected chi connectivity index (χ1v) is 9.65. The van der Waals surface area contributed by atoms with Crippen LogP contribution >= 0.6 is 11.3 Å². The zero-order valence-corrected chi connectivity index (χ0v) is 15.6. The minimum atomic E-state index is -0.223. The van der Waals surface area contributed by atoms with E-state index in [9.17, 15) is 4.39 Å². The molecule has 1 aliphatic heterocycles. The second kappa shape index (κ2) is 7.11. The zero-order chi connectivity index (χ0) is 18.1. The van der Waals surface area contributed by atoms with Crippen molar-refractivity contribution in [2.45, 2.75) is 51.6 Å². The normalized spacial score (nSPS) is 16.7. The van der Waals surface area contributed by atoms with E-state index in [-0.39, 0.29) is 11.9 Å².